The van der Waals surface area contributed by atoms with Gasteiger partial charge in [-0.15, -0.1) is 0 Å². The Morgan fingerprint density at radius 3 is 2.46 bits per heavy atom. The molecule has 1 aromatic heterocycles. The van der Waals surface area contributed by atoms with Crippen LogP contribution < -0.4 is 5.32 Å². The number of hydrogen-bond donors (Lipinski definition) is 1. The number of anilines is 1. The molecule has 0 bridgehead atoms. The number of halogens is 3. The molecular formula is C20H16F3NO2. The van der Waals surface area contributed by atoms with Crippen molar-refractivity contribution in [2.75, 3.05) is 5.32 Å². The van der Waals surface area contributed by atoms with Crippen LogP contribution in [0.25, 0.3) is 11.0 Å². The molecule has 1 aliphatic rings. The molecule has 4 rings (SSSR count). The van der Waals surface area contributed by atoms with Gasteiger partial charge in [-0.3, -0.25) is 4.79 Å². The predicted octanol–water partition coefficient (Wildman–Crippen LogP) is 5.12. The first-order valence-electron chi connectivity index (χ1n) is 8.39. The topological polar surface area (TPSA) is 42.2 Å². The minimum absolute atomic E-state index is 0.104. The van der Waals surface area contributed by atoms with Crippen molar-refractivity contribution in [2.45, 2.75) is 31.9 Å². The summed E-state index contributed by atoms with van der Waals surface area (Å²) in [6.07, 6.45) is 0.506. The van der Waals surface area contributed by atoms with E-state index in [0.29, 0.717) is 5.69 Å². The first-order valence-corrected chi connectivity index (χ1v) is 8.39. The van der Waals surface area contributed by atoms with E-state index < -0.39 is 11.7 Å². The van der Waals surface area contributed by atoms with Crippen LogP contribution in [0.3, 0.4) is 0 Å². The van der Waals surface area contributed by atoms with Crippen molar-refractivity contribution >= 4 is 22.6 Å². The molecule has 3 aromatic rings. The third-order valence-electron chi connectivity index (χ3n) is 4.72. The second kappa shape index (κ2) is 6.20. The smallest absolute Gasteiger partial charge is 0.416 e. The summed E-state index contributed by atoms with van der Waals surface area (Å²) < 4.78 is 43.3. The number of amides is 1. The number of fused-ring (bicyclic) bond motifs is 2. The summed E-state index contributed by atoms with van der Waals surface area (Å²) in [5.74, 6) is -0.298. The summed E-state index contributed by atoms with van der Waals surface area (Å²) in [5, 5.41) is 3.55. The van der Waals surface area contributed by atoms with Gasteiger partial charge in [0.1, 0.15) is 5.58 Å². The lowest BCUT2D eigenvalue weighted by Gasteiger charge is -2.08. The third-order valence-corrected chi connectivity index (χ3v) is 4.72. The molecule has 26 heavy (non-hydrogen) atoms. The third kappa shape index (κ3) is 3.19. The standard InChI is InChI=1S/C20H16F3NO2/c21-20(22,23)15-4-6-16(7-5-15)24-19(25)10-14-11-26-18-9-13-3-1-2-12(13)8-17(14)18/h4-9,11H,1-3,10H2,(H,24,25). The van der Waals surface area contributed by atoms with Crippen molar-refractivity contribution in [3.05, 3.63) is 64.9 Å². The molecule has 0 fully saturated rings. The number of furan rings is 1. The van der Waals surface area contributed by atoms with Gasteiger partial charge < -0.3 is 9.73 Å². The van der Waals surface area contributed by atoms with Gasteiger partial charge in [-0.1, -0.05) is 0 Å². The van der Waals surface area contributed by atoms with Gasteiger partial charge in [-0.05, 0) is 66.8 Å². The highest BCUT2D eigenvalue weighted by Gasteiger charge is 2.30. The molecule has 6 heteroatoms. The Morgan fingerprint density at radius 2 is 1.77 bits per heavy atom. The summed E-state index contributed by atoms with van der Waals surface area (Å²) in [6.45, 7) is 0. The average Bonchev–Trinajstić information content (AvgIpc) is 3.19. The van der Waals surface area contributed by atoms with Crippen LogP contribution >= 0.6 is 0 Å². The molecule has 0 radical (unpaired) electrons. The number of nitrogens with one attached hydrogen (secondary N) is 1. The highest BCUT2D eigenvalue weighted by atomic mass is 19.4. The van der Waals surface area contributed by atoms with E-state index in [1.165, 1.54) is 23.3 Å². The fraction of sp³-hybridized carbons (Fsp3) is 0.250. The molecule has 0 unspecified atom stereocenters. The van der Waals surface area contributed by atoms with Crippen LogP contribution in [0.1, 0.15) is 28.7 Å². The molecule has 2 aromatic carbocycles. The number of hydrogen-bond acceptors (Lipinski definition) is 2. The van der Waals surface area contributed by atoms with Crippen molar-refractivity contribution in [3.63, 3.8) is 0 Å². The van der Waals surface area contributed by atoms with Crippen LogP contribution in [0.15, 0.2) is 47.1 Å². The summed E-state index contributed by atoms with van der Waals surface area (Å²) in [4.78, 5) is 12.3. The molecular weight excluding hydrogens is 343 g/mol. The highest BCUT2D eigenvalue weighted by Crippen LogP contribution is 2.31. The first kappa shape index (κ1) is 16.7. The van der Waals surface area contributed by atoms with E-state index in [4.69, 9.17) is 4.42 Å². The minimum atomic E-state index is -4.39. The Kier molecular flexibility index (Phi) is 3.98. The zero-order valence-electron chi connectivity index (χ0n) is 13.8. The van der Waals surface area contributed by atoms with Crippen LogP contribution in [0.4, 0.5) is 18.9 Å². The molecule has 1 N–H and O–H groups in total. The zero-order chi connectivity index (χ0) is 18.3. The summed E-state index contributed by atoms with van der Waals surface area (Å²) >= 11 is 0. The van der Waals surface area contributed by atoms with E-state index in [0.717, 1.165) is 47.9 Å². The van der Waals surface area contributed by atoms with Gasteiger partial charge in [0, 0.05) is 16.6 Å². The van der Waals surface area contributed by atoms with Crippen molar-refractivity contribution in [1.82, 2.24) is 0 Å². The fourth-order valence-electron chi connectivity index (χ4n) is 3.41. The summed E-state index contributed by atoms with van der Waals surface area (Å²) in [7, 11) is 0. The molecule has 0 aliphatic heterocycles. The predicted molar refractivity (Wildman–Crippen MR) is 92.0 cm³/mol. The van der Waals surface area contributed by atoms with Crippen LogP contribution in [0, 0.1) is 0 Å². The van der Waals surface area contributed by atoms with E-state index in [1.807, 2.05) is 6.07 Å². The van der Waals surface area contributed by atoms with E-state index in [-0.39, 0.29) is 12.3 Å². The Balaban J connectivity index is 1.49. The molecule has 1 heterocycles. The largest absolute Gasteiger partial charge is 0.464 e. The van der Waals surface area contributed by atoms with Crippen molar-refractivity contribution in [2.24, 2.45) is 0 Å². The fourth-order valence-corrected chi connectivity index (χ4v) is 3.41. The quantitative estimate of drug-likeness (QED) is 0.705. The number of aryl methyl sites for hydroxylation is 2. The van der Waals surface area contributed by atoms with Crippen molar-refractivity contribution in [1.29, 1.82) is 0 Å². The van der Waals surface area contributed by atoms with Gasteiger partial charge in [0.05, 0.1) is 18.2 Å². The maximum Gasteiger partial charge on any atom is 0.416 e. The van der Waals surface area contributed by atoms with Crippen LogP contribution in [-0.4, -0.2) is 5.91 Å². The van der Waals surface area contributed by atoms with E-state index in [9.17, 15) is 18.0 Å². The minimum Gasteiger partial charge on any atom is -0.464 e. The van der Waals surface area contributed by atoms with Gasteiger partial charge in [0.15, 0.2) is 0 Å². The normalized spacial score (nSPS) is 13.8. The van der Waals surface area contributed by atoms with Crippen LogP contribution in [-0.2, 0) is 30.2 Å². The first-order chi connectivity index (χ1) is 12.4. The average molecular weight is 359 g/mol. The molecule has 0 saturated carbocycles. The maximum absolute atomic E-state index is 12.6. The number of rotatable bonds is 3. The Labute approximate surface area is 147 Å². The van der Waals surface area contributed by atoms with Gasteiger partial charge in [-0.2, -0.15) is 13.2 Å². The van der Waals surface area contributed by atoms with Gasteiger partial charge in [-0.25, -0.2) is 0 Å². The number of benzene rings is 2. The van der Waals surface area contributed by atoms with Gasteiger partial charge in [0.2, 0.25) is 5.91 Å². The van der Waals surface area contributed by atoms with Crippen molar-refractivity contribution < 1.29 is 22.4 Å². The molecule has 1 amide bonds. The highest BCUT2D eigenvalue weighted by molar-refractivity contribution is 5.95. The Morgan fingerprint density at radius 1 is 1.08 bits per heavy atom. The maximum atomic E-state index is 12.6. The molecule has 0 saturated heterocycles. The van der Waals surface area contributed by atoms with Gasteiger partial charge >= 0.3 is 6.18 Å². The van der Waals surface area contributed by atoms with Gasteiger partial charge in [0.25, 0.3) is 0 Å². The van der Waals surface area contributed by atoms with Crippen LogP contribution in [0.5, 0.6) is 0 Å². The molecule has 1 aliphatic carbocycles. The SMILES string of the molecule is O=C(Cc1coc2cc3c(cc12)CCC3)Nc1ccc(C(F)(F)F)cc1. The number of carbonyl (C=O) groups is 1. The monoisotopic (exact) mass is 359 g/mol. The van der Waals surface area contributed by atoms with E-state index >= 15 is 0 Å². The lowest BCUT2D eigenvalue weighted by atomic mass is 10.0. The zero-order valence-corrected chi connectivity index (χ0v) is 13.8. The lowest BCUT2D eigenvalue weighted by Crippen LogP contribution is -2.14. The molecule has 3 nitrogen and oxygen atoms in total. The number of alkyl halides is 3. The number of carbonyl (C=O) groups excluding carboxylic acids is 1. The van der Waals surface area contributed by atoms with Crippen LogP contribution in [0.2, 0.25) is 0 Å². The Bertz CT molecular complexity index is 971. The van der Waals surface area contributed by atoms with E-state index in [2.05, 4.69) is 11.4 Å². The van der Waals surface area contributed by atoms with Crippen molar-refractivity contribution in [3.8, 4) is 0 Å². The lowest BCUT2D eigenvalue weighted by molar-refractivity contribution is -0.137. The molecule has 134 valence electrons. The second-order valence-corrected chi connectivity index (χ2v) is 6.53. The Hall–Kier alpha value is -2.76. The molecule has 0 atom stereocenters. The summed E-state index contributed by atoms with van der Waals surface area (Å²) in [5.41, 5.74) is 3.72. The molecule has 0 spiro atoms. The second-order valence-electron chi connectivity index (χ2n) is 6.53. The summed E-state index contributed by atoms with van der Waals surface area (Å²) in [6, 6.07) is 8.53. The van der Waals surface area contributed by atoms with E-state index in [1.54, 1.807) is 6.26 Å².